The quantitative estimate of drug-likeness (QED) is 0.188. The van der Waals surface area contributed by atoms with Crippen LogP contribution in [0.2, 0.25) is 0 Å². The Balaban J connectivity index is 2.36. The summed E-state index contributed by atoms with van der Waals surface area (Å²) < 4.78 is 38.9. The van der Waals surface area contributed by atoms with Crippen molar-refractivity contribution in [1.82, 2.24) is 10.6 Å². The second-order valence-corrected chi connectivity index (χ2v) is 10.8. The zero-order valence-corrected chi connectivity index (χ0v) is 18.0. The third kappa shape index (κ3) is 13.1. The molecule has 5 N–H and O–H groups in total. The zero-order chi connectivity index (χ0) is 22.1. The monoisotopic (exact) mass is 492 g/mol. The molecule has 14 nitrogen and oxygen atoms in total. The molecule has 5 atom stereocenters. The number of amides is 2. The Morgan fingerprint density at radius 3 is 2.66 bits per heavy atom. The summed E-state index contributed by atoms with van der Waals surface area (Å²) in [5.41, 5.74) is 4.86. The molecule has 0 aromatic heterocycles. The van der Waals surface area contributed by atoms with E-state index in [1.54, 1.807) is 0 Å². The van der Waals surface area contributed by atoms with Gasteiger partial charge in [-0.05, 0) is 12.8 Å². The summed E-state index contributed by atoms with van der Waals surface area (Å²) in [7, 11) is -11.4. The van der Waals surface area contributed by atoms with Crippen LogP contribution in [0.4, 0.5) is 4.79 Å². The Bertz CT molecular complexity index is 807. The average molecular weight is 492 g/mol. The number of urea groups is 1. The fourth-order valence-corrected chi connectivity index (χ4v) is 5.68. The summed E-state index contributed by atoms with van der Waals surface area (Å²) in [5, 5.41) is 5.14. The number of primary amides is 1. The van der Waals surface area contributed by atoms with Gasteiger partial charge in [-0.3, -0.25) is 13.4 Å². The Morgan fingerprint density at radius 2 is 2.03 bits per heavy atom. The number of nitrogens with two attached hydrogens (primary N) is 1. The Morgan fingerprint density at radius 1 is 1.34 bits per heavy atom. The lowest BCUT2D eigenvalue weighted by atomic mass is 10.2. The molecule has 29 heavy (non-hydrogen) atoms. The van der Waals surface area contributed by atoms with E-state index in [2.05, 4.69) is 47.4 Å². The van der Waals surface area contributed by atoms with E-state index in [4.69, 9.17) is 15.4 Å². The summed E-state index contributed by atoms with van der Waals surface area (Å²) in [6, 6.07) is -0.688. The van der Waals surface area contributed by atoms with E-state index in [0.717, 1.165) is 0 Å². The molecule has 0 aliphatic carbocycles. The predicted octanol–water partition coefficient (Wildman–Crippen LogP) is -2.17. The number of ether oxygens (including phenoxy) is 1. The van der Waals surface area contributed by atoms with Crippen molar-refractivity contribution < 1.29 is 51.4 Å². The molecule has 0 radical (unpaired) electrons. The van der Waals surface area contributed by atoms with Crippen molar-refractivity contribution in [3.63, 3.8) is 0 Å². The summed E-state index contributed by atoms with van der Waals surface area (Å²) >= 11 is 4.34. The van der Waals surface area contributed by atoms with Crippen molar-refractivity contribution in [2.75, 3.05) is 13.2 Å². The number of rotatable bonds is 10. The standard InChI is InChI=1S/C11H20N3O11P3S/c12-11(15)14-7-3-1-2-6-13-10-5-4-9(23-10)8-22-28(21,29)25-27(19,20)24-26(16,17)18/h2,6,9-10,13H,4-5,7-8H2,(H,19,20)(H,21,29)(H3,12,14,15)(H2,16,17,18)/p-3/b6-2+/t9-,10+,28?/m0/s1. The van der Waals surface area contributed by atoms with Gasteiger partial charge in [-0.25, -0.2) is 9.11 Å². The number of hydrogen-bond donors (Lipinski definition) is 4. The van der Waals surface area contributed by atoms with Gasteiger partial charge in [0.25, 0.3) is 15.6 Å². The molecule has 2 amide bonds. The van der Waals surface area contributed by atoms with Crippen molar-refractivity contribution in [2.45, 2.75) is 25.2 Å². The second-order valence-electron chi connectivity index (χ2n) is 5.19. The van der Waals surface area contributed by atoms with Crippen molar-refractivity contribution in [3.8, 4) is 11.8 Å². The van der Waals surface area contributed by atoms with Crippen LogP contribution < -0.4 is 31.0 Å². The molecule has 1 heterocycles. The maximum absolute atomic E-state index is 11.8. The Hall–Kier alpha value is -0.840. The second kappa shape index (κ2) is 11.5. The first-order valence-electron chi connectivity index (χ1n) is 7.59. The van der Waals surface area contributed by atoms with Gasteiger partial charge in [0.1, 0.15) is 12.9 Å². The van der Waals surface area contributed by atoms with Crippen LogP contribution in [0.1, 0.15) is 12.8 Å². The molecule has 1 saturated heterocycles. The molecule has 166 valence electrons. The molecule has 0 spiro atoms. The highest BCUT2D eigenvalue weighted by atomic mass is 32.5. The highest BCUT2D eigenvalue weighted by Crippen LogP contribution is 2.61. The number of carbonyl (C=O) groups is 1. The van der Waals surface area contributed by atoms with Gasteiger partial charge in [0.05, 0.1) is 19.3 Å². The first kappa shape index (κ1) is 26.2. The molecule has 1 aliphatic rings. The summed E-state index contributed by atoms with van der Waals surface area (Å²) in [5.74, 6) is 5.22. The molecule has 0 bridgehead atoms. The molecule has 18 heteroatoms. The van der Waals surface area contributed by atoms with E-state index < -0.39 is 47.3 Å². The number of phosphoric acid groups is 2. The van der Waals surface area contributed by atoms with Crippen molar-refractivity contribution in [2.24, 2.45) is 5.73 Å². The minimum atomic E-state index is -5.71. The Kier molecular flexibility index (Phi) is 10.4. The van der Waals surface area contributed by atoms with Gasteiger partial charge >= 0.3 is 6.03 Å². The number of nitrogens with one attached hydrogen (secondary N) is 2. The molecule has 3 unspecified atom stereocenters. The van der Waals surface area contributed by atoms with E-state index >= 15 is 0 Å². The van der Waals surface area contributed by atoms with Gasteiger partial charge in [0, 0.05) is 12.3 Å². The van der Waals surface area contributed by atoms with Gasteiger partial charge in [0.15, 0.2) is 0 Å². The molecular formula is C11H17N3O11P3S-3. The largest absolute Gasteiger partial charge is 0.779 e. The van der Waals surface area contributed by atoms with Gasteiger partial charge in [-0.2, -0.15) is 0 Å². The van der Waals surface area contributed by atoms with Crippen LogP contribution in [0, 0.1) is 11.8 Å². The van der Waals surface area contributed by atoms with E-state index in [0.29, 0.717) is 12.8 Å². The molecule has 1 aliphatic heterocycles. The number of allylic oxidation sites excluding steroid dienone is 1. The van der Waals surface area contributed by atoms with Crippen LogP contribution in [-0.2, 0) is 38.8 Å². The maximum atomic E-state index is 11.8. The molecule has 0 aromatic rings. The Labute approximate surface area is 170 Å². The minimum Gasteiger partial charge on any atom is -0.779 e. The van der Waals surface area contributed by atoms with Crippen molar-refractivity contribution in [1.29, 1.82) is 0 Å². The summed E-state index contributed by atoms with van der Waals surface area (Å²) in [4.78, 5) is 52.2. The minimum absolute atomic E-state index is 0.0915. The highest BCUT2D eigenvalue weighted by molar-refractivity contribution is 8.07. The van der Waals surface area contributed by atoms with Crippen LogP contribution in [0.15, 0.2) is 12.3 Å². The van der Waals surface area contributed by atoms with Crippen LogP contribution >= 0.6 is 22.4 Å². The van der Waals surface area contributed by atoms with E-state index in [1.165, 1.54) is 12.3 Å². The smallest absolute Gasteiger partial charge is 0.312 e. The van der Waals surface area contributed by atoms with Gasteiger partial charge in [-0.1, -0.05) is 23.6 Å². The average Bonchev–Trinajstić information content (AvgIpc) is 2.96. The topological polar surface area (TPSA) is 228 Å². The molecule has 0 aromatic carbocycles. The van der Waals surface area contributed by atoms with Crippen molar-refractivity contribution >= 4 is 40.2 Å². The zero-order valence-electron chi connectivity index (χ0n) is 14.5. The molecule has 1 rings (SSSR count). The number of hydrogen-bond acceptors (Lipinski definition) is 12. The van der Waals surface area contributed by atoms with Gasteiger partial charge in [0.2, 0.25) is 0 Å². The van der Waals surface area contributed by atoms with Crippen LogP contribution in [-0.4, -0.2) is 36.4 Å². The van der Waals surface area contributed by atoms with Gasteiger partial charge < -0.3 is 45.2 Å². The van der Waals surface area contributed by atoms with Crippen molar-refractivity contribution in [3.05, 3.63) is 12.3 Å². The van der Waals surface area contributed by atoms with E-state index in [1.807, 2.05) is 0 Å². The summed E-state index contributed by atoms with van der Waals surface area (Å²) in [6.07, 6.45) is 2.86. The van der Waals surface area contributed by atoms with E-state index in [9.17, 15) is 28.6 Å². The molecule has 1 fully saturated rings. The van der Waals surface area contributed by atoms with E-state index in [-0.39, 0.29) is 6.54 Å². The molecule has 0 saturated carbocycles. The molecular weight excluding hydrogens is 475 g/mol. The SMILES string of the molecule is NC(=O)NCC#C/C=C/N[C@H]1CC[C@@H](COP([O-])(=S)OP(=O)([O-])OP(=O)([O-])O)O1. The first-order chi connectivity index (χ1) is 13.3. The summed E-state index contributed by atoms with van der Waals surface area (Å²) in [6.45, 7) is -4.99. The highest BCUT2D eigenvalue weighted by Gasteiger charge is 2.27. The fraction of sp³-hybridized carbons (Fsp3) is 0.545. The lowest BCUT2D eigenvalue weighted by Crippen LogP contribution is -2.29. The predicted molar refractivity (Wildman–Crippen MR) is 95.4 cm³/mol. The van der Waals surface area contributed by atoms with Crippen LogP contribution in [0.3, 0.4) is 0 Å². The maximum Gasteiger partial charge on any atom is 0.312 e. The lowest BCUT2D eigenvalue weighted by Gasteiger charge is -2.35. The van der Waals surface area contributed by atoms with Crippen LogP contribution in [0.5, 0.6) is 0 Å². The first-order valence-corrected chi connectivity index (χ1v) is 13.1. The number of carbonyl (C=O) groups excluding carboxylic acids is 1. The fourth-order valence-electron chi connectivity index (χ4n) is 1.85. The third-order valence-corrected chi connectivity index (χ3v) is 7.44. The lowest BCUT2D eigenvalue weighted by molar-refractivity contribution is -0.244. The third-order valence-electron chi connectivity index (χ3n) is 2.83. The normalized spacial score (nSPS) is 25.2. The van der Waals surface area contributed by atoms with Gasteiger partial charge in [-0.15, -0.1) is 0 Å². The van der Waals surface area contributed by atoms with Crippen LogP contribution in [0.25, 0.3) is 0 Å².